The van der Waals surface area contributed by atoms with E-state index in [2.05, 4.69) is 18.7 Å². The molecular weight excluding hydrogens is 308 g/mol. The van der Waals surface area contributed by atoms with Crippen molar-refractivity contribution >= 4 is 0 Å². The lowest BCUT2D eigenvalue weighted by atomic mass is 9.43. The van der Waals surface area contributed by atoms with Crippen molar-refractivity contribution in [3.8, 4) is 0 Å². The van der Waals surface area contributed by atoms with Crippen LogP contribution in [0.4, 0.5) is 0 Å². The van der Waals surface area contributed by atoms with Gasteiger partial charge < -0.3 is 5.11 Å². The van der Waals surface area contributed by atoms with Crippen molar-refractivity contribution in [1.29, 1.82) is 0 Å². The van der Waals surface area contributed by atoms with Crippen LogP contribution in [-0.2, 0) is 9.78 Å². The van der Waals surface area contributed by atoms with Gasteiger partial charge in [0.15, 0.2) is 0 Å². The van der Waals surface area contributed by atoms with Gasteiger partial charge in [0, 0.05) is 18.4 Å². The first-order chi connectivity index (χ1) is 11.4. The van der Waals surface area contributed by atoms with Crippen molar-refractivity contribution in [2.45, 2.75) is 71.5 Å². The van der Waals surface area contributed by atoms with E-state index in [1.165, 1.54) is 32.1 Å². The summed E-state index contributed by atoms with van der Waals surface area (Å²) in [5.74, 6) is 2.99. The second kappa shape index (κ2) is 7.20. The third-order valence-electron chi connectivity index (χ3n) is 8.07. The minimum atomic E-state index is -0.442. The Bertz CT molecular complexity index is 398. The van der Waals surface area contributed by atoms with Crippen LogP contribution in [-0.4, -0.2) is 34.4 Å². The van der Waals surface area contributed by atoms with Crippen LogP contribution in [0.15, 0.2) is 0 Å². The highest BCUT2D eigenvalue weighted by molar-refractivity contribution is 5.08. The molecule has 0 aromatic heterocycles. The van der Waals surface area contributed by atoms with Gasteiger partial charge >= 0.3 is 0 Å². The third-order valence-corrected chi connectivity index (χ3v) is 8.07. The molecule has 0 aromatic rings. The molecule has 4 aliphatic carbocycles. The molecule has 5 nitrogen and oxygen atoms in total. The first-order valence-corrected chi connectivity index (χ1v) is 9.66. The average molecular weight is 342 g/mol. The van der Waals surface area contributed by atoms with Crippen LogP contribution in [0.2, 0.25) is 0 Å². The van der Waals surface area contributed by atoms with Gasteiger partial charge in [-0.25, -0.2) is 9.78 Å². The van der Waals surface area contributed by atoms with E-state index in [-0.39, 0.29) is 30.0 Å². The zero-order chi connectivity index (χ0) is 17.5. The van der Waals surface area contributed by atoms with Gasteiger partial charge in [-0.1, -0.05) is 20.8 Å². The maximum Gasteiger partial charge on any atom is 0.101 e. The highest BCUT2D eigenvalue weighted by atomic mass is 17.1. The zero-order valence-electron chi connectivity index (χ0n) is 15.2. The average Bonchev–Trinajstić information content (AvgIpc) is 2.57. The molecule has 0 aromatic carbocycles. The maximum atomic E-state index is 9.83. The van der Waals surface area contributed by atoms with E-state index in [0.29, 0.717) is 18.3 Å². The fraction of sp³-hybridized carbons (Fsp3) is 1.00. The van der Waals surface area contributed by atoms with E-state index < -0.39 is 6.10 Å². The van der Waals surface area contributed by atoms with Gasteiger partial charge in [0.05, 0.1) is 6.10 Å². The molecule has 0 spiro atoms. The highest BCUT2D eigenvalue weighted by Gasteiger charge is 2.59. The molecule has 4 aliphatic rings. The number of hydrogen-bond acceptors (Lipinski definition) is 5. The van der Waals surface area contributed by atoms with Crippen molar-refractivity contribution in [3.63, 3.8) is 0 Å². The lowest BCUT2D eigenvalue weighted by Crippen LogP contribution is -2.59. The number of rotatable bonds is 8. The molecule has 4 fully saturated rings. The molecule has 3 N–H and O–H groups in total. The molecule has 5 heteroatoms. The van der Waals surface area contributed by atoms with Gasteiger partial charge in [-0.05, 0) is 67.6 Å². The Hall–Kier alpha value is -0.200. The van der Waals surface area contributed by atoms with Gasteiger partial charge in [-0.15, -0.1) is 0 Å². The molecule has 0 heterocycles. The topological polar surface area (TPSA) is 79.2 Å². The summed E-state index contributed by atoms with van der Waals surface area (Å²) < 4.78 is 0. The third kappa shape index (κ3) is 2.92. The summed E-state index contributed by atoms with van der Waals surface area (Å²) in [6, 6.07) is 0. The lowest BCUT2D eigenvalue weighted by Gasteiger charge is -2.62. The van der Waals surface area contributed by atoms with Crippen molar-refractivity contribution in [2.75, 3.05) is 6.61 Å². The fourth-order valence-corrected chi connectivity index (χ4v) is 6.59. The van der Waals surface area contributed by atoms with E-state index in [1.54, 1.807) is 0 Å². The van der Waals surface area contributed by atoms with Crippen LogP contribution in [0.3, 0.4) is 0 Å². The Morgan fingerprint density at radius 1 is 0.917 bits per heavy atom. The van der Waals surface area contributed by atoms with Gasteiger partial charge in [-0.2, -0.15) is 0 Å². The second-order valence-electron chi connectivity index (χ2n) is 9.07. The summed E-state index contributed by atoms with van der Waals surface area (Å²) in [6.45, 7) is 6.36. The van der Waals surface area contributed by atoms with Crippen molar-refractivity contribution in [2.24, 2.45) is 40.9 Å². The molecule has 0 radical (unpaired) electrons. The van der Waals surface area contributed by atoms with Crippen molar-refractivity contribution in [3.05, 3.63) is 0 Å². The number of aliphatic hydroxyl groups is 1. The lowest BCUT2D eigenvalue weighted by molar-refractivity contribution is -0.350. The second-order valence-corrected chi connectivity index (χ2v) is 9.07. The zero-order valence-corrected chi connectivity index (χ0v) is 15.2. The Morgan fingerprint density at radius 2 is 1.46 bits per heavy atom. The summed E-state index contributed by atoms with van der Waals surface area (Å²) in [5.41, 5.74) is -0.0188. The number of hydrogen-bond donors (Lipinski definition) is 3. The Kier molecular flexibility index (Phi) is 5.57. The summed E-state index contributed by atoms with van der Waals surface area (Å²) in [7, 11) is 0. The van der Waals surface area contributed by atoms with Crippen LogP contribution in [0.5, 0.6) is 0 Å². The predicted octanol–water partition coefficient (Wildman–Crippen LogP) is 3.82. The molecule has 0 amide bonds. The van der Waals surface area contributed by atoms with Crippen LogP contribution in [0, 0.1) is 40.9 Å². The first-order valence-electron chi connectivity index (χ1n) is 9.66. The molecule has 0 saturated heterocycles. The highest BCUT2D eigenvalue weighted by Crippen LogP contribution is 2.64. The standard InChI is InChI=1S/C19H34O5/c1-11(17(23-21)4-5-20)12(2)18(24-22)19(3)15-7-13-6-14(9-15)10-16(19)8-13/h11-18,20-22H,4-10H2,1-3H3. The van der Waals surface area contributed by atoms with Crippen molar-refractivity contribution in [1.82, 2.24) is 0 Å². The Labute approximate surface area is 145 Å². The van der Waals surface area contributed by atoms with E-state index >= 15 is 0 Å². The van der Waals surface area contributed by atoms with Gasteiger partial charge in [0.2, 0.25) is 0 Å². The van der Waals surface area contributed by atoms with Crippen LogP contribution >= 0.6 is 0 Å². The maximum absolute atomic E-state index is 9.83. The molecule has 4 atom stereocenters. The monoisotopic (exact) mass is 342 g/mol. The first kappa shape index (κ1) is 18.6. The SMILES string of the molecule is CC(C(CCO)OO)C(C)C(OO)C1(C)C2CC3CC(C2)CC1C3. The molecule has 4 unspecified atom stereocenters. The van der Waals surface area contributed by atoms with Crippen molar-refractivity contribution < 1.29 is 25.4 Å². The van der Waals surface area contributed by atoms with E-state index in [1.807, 2.05) is 6.92 Å². The van der Waals surface area contributed by atoms with E-state index in [0.717, 1.165) is 11.8 Å². The summed E-state index contributed by atoms with van der Waals surface area (Å²) >= 11 is 0. The summed E-state index contributed by atoms with van der Waals surface area (Å²) in [4.78, 5) is 9.74. The predicted molar refractivity (Wildman–Crippen MR) is 90.2 cm³/mol. The van der Waals surface area contributed by atoms with E-state index in [9.17, 15) is 15.6 Å². The van der Waals surface area contributed by atoms with Gasteiger partial charge in [-0.3, -0.25) is 10.5 Å². The van der Waals surface area contributed by atoms with Crippen LogP contribution < -0.4 is 0 Å². The van der Waals surface area contributed by atoms with Gasteiger partial charge in [0.1, 0.15) is 6.10 Å². The quantitative estimate of drug-likeness (QED) is 0.462. The Balaban J connectivity index is 1.79. The van der Waals surface area contributed by atoms with Crippen LogP contribution in [0.1, 0.15) is 59.3 Å². The van der Waals surface area contributed by atoms with Crippen LogP contribution in [0.25, 0.3) is 0 Å². The van der Waals surface area contributed by atoms with E-state index in [4.69, 9.17) is 4.89 Å². The number of aliphatic hydroxyl groups excluding tert-OH is 1. The summed E-state index contributed by atoms with van der Waals surface area (Å²) in [6.07, 6.45) is 6.14. The normalized spacial score (nSPS) is 42.8. The molecule has 24 heavy (non-hydrogen) atoms. The Morgan fingerprint density at radius 3 is 1.88 bits per heavy atom. The smallest absolute Gasteiger partial charge is 0.101 e. The largest absolute Gasteiger partial charge is 0.396 e. The van der Waals surface area contributed by atoms with Gasteiger partial charge in [0.25, 0.3) is 0 Å². The molecule has 140 valence electrons. The molecule has 0 aliphatic heterocycles. The molecule has 4 rings (SSSR count). The molecule has 4 saturated carbocycles. The molecule has 4 bridgehead atoms. The molecular formula is C19H34O5. The minimum Gasteiger partial charge on any atom is -0.396 e. The minimum absolute atomic E-state index is 0.0188. The summed E-state index contributed by atoms with van der Waals surface area (Å²) in [5, 5.41) is 28.2. The fourth-order valence-electron chi connectivity index (χ4n) is 6.59.